The summed E-state index contributed by atoms with van der Waals surface area (Å²) in [6, 6.07) is 7.13. The molecule has 0 amide bonds. The molecule has 0 spiro atoms. The number of ether oxygens (including phenoxy) is 1. The Hall–Kier alpha value is -1.91. The van der Waals surface area contributed by atoms with E-state index >= 15 is 0 Å². The monoisotopic (exact) mass is 329 g/mol. The molecule has 4 aliphatic rings. The zero-order valence-electron chi connectivity index (χ0n) is 14.0. The lowest BCUT2D eigenvalue weighted by atomic mass is 9.42. The van der Waals surface area contributed by atoms with E-state index in [9.17, 15) is 14.9 Å². The van der Waals surface area contributed by atoms with Gasteiger partial charge in [0, 0.05) is 12.1 Å². The maximum atomic E-state index is 12.0. The Kier molecular flexibility index (Phi) is 3.44. The number of esters is 1. The van der Waals surface area contributed by atoms with Crippen LogP contribution in [0.1, 0.15) is 50.5 Å². The van der Waals surface area contributed by atoms with E-state index in [1.54, 1.807) is 12.1 Å². The van der Waals surface area contributed by atoms with Gasteiger partial charge in [-0.15, -0.1) is 0 Å². The SMILES string of the molecule is COC(=O)CC12C[C@H]3C[C@@H](C1)CC(c1ccc([N+](=O)[O-])cc1)(C3)C2. The van der Waals surface area contributed by atoms with Crippen LogP contribution >= 0.6 is 0 Å². The minimum atomic E-state index is -0.345. The van der Waals surface area contributed by atoms with Crippen molar-refractivity contribution in [3.8, 4) is 0 Å². The quantitative estimate of drug-likeness (QED) is 0.476. The highest BCUT2D eigenvalue weighted by atomic mass is 16.6. The van der Waals surface area contributed by atoms with Crippen LogP contribution in [-0.4, -0.2) is 18.0 Å². The van der Waals surface area contributed by atoms with Gasteiger partial charge >= 0.3 is 5.97 Å². The highest BCUT2D eigenvalue weighted by Crippen LogP contribution is 2.66. The average molecular weight is 329 g/mol. The number of carbonyl (C=O) groups is 1. The van der Waals surface area contributed by atoms with Crippen molar-refractivity contribution in [2.45, 2.75) is 50.4 Å². The van der Waals surface area contributed by atoms with Crippen LogP contribution in [0.3, 0.4) is 0 Å². The van der Waals surface area contributed by atoms with E-state index in [-0.39, 0.29) is 27.4 Å². The molecule has 0 aromatic heterocycles. The van der Waals surface area contributed by atoms with Gasteiger partial charge in [0.25, 0.3) is 5.69 Å². The molecule has 2 unspecified atom stereocenters. The zero-order chi connectivity index (χ0) is 16.9. The number of carbonyl (C=O) groups excluding carboxylic acids is 1. The maximum absolute atomic E-state index is 12.0. The van der Waals surface area contributed by atoms with Gasteiger partial charge in [0.15, 0.2) is 0 Å². The summed E-state index contributed by atoms with van der Waals surface area (Å²) in [4.78, 5) is 22.5. The molecule has 1 aromatic carbocycles. The number of nitro groups is 1. The maximum Gasteiger partial charge on any atom is 0.306 e. The number of rotatable bonds is 4. The lowest BCUT2D eigenvalue weighted by Gasteiger charge is -2.62. The van der Waals surface area contributed by atoms with Gasteiger partial charge in [0.1, 0.15) is 0 Å². The predicted molar refractivity (Wildman–Crippen MR) is 88.5 cm³/mol. The van der Waals surface area contributed by atoms with Crippen LogP contribution < -0.4 is 0 Å². The third-order valence-corrected chi connectivity index (χ3v) is 6.62. The van der Waals surface area contributed by atoms with Gasteiger partial charge < -0.3 is 4.74 Å². The number of nitrogens with zero attached hydrogens (tertiary/aromatic N) is 1. The van der Waals surface area contributed by atoms with Crippen molar-refractivity contribution >= 4 is 11.7 Å². The molecule has 24 heavy (non-hydrogen) atoms. The number of methoxy groups -OCH3 is 1. The predicted octanol–water partition coefficient (Wildman–Crippen LogP) is 4.00. The smallest absolute Gasteiger partial charge is 0.306 e. The first-order valence-corrected chi connectivity index (χ1v) is 8.75. The van der Waals surface area contributed by atoms with Crippen molar-refractivity contribution in [1.82, 2.24) is 0 Å². The van der Waals surface area contributed by atoms with Gasteiger partial charge in [-0.05, 0) is 66.8 Å². The van der Waals surface area contributed by atoms with Crippen molar-refractivity contribution in [3.05, 3.63) is 39.9 Å². The second kappa shape index (κ2) is 5.30. The normalized spacial score (nSPS) is 36.5. The molecule has 4 saturated carbocycles. The van der Waals surface area contributed by atoms with Crippen LogP contribution in [-0.2, 0) is 14.9 Å². The summed E-state index contributed by atoms with van der Waals surface area (Å²) in [5.41, 5.74) is 1.52. The number of nitro benzene ring substituents is 1. The second-order valence-electron chi connectivity index (χ2n) is 8.30. The van der Waals surface area contributed by atoms with E-state index in [4.69, 9.17) is 4.74 Å². The van der Waals surface area contributed by atoms with Gasteiger partial charge in [-0.1, -0.05) is 12.1 Å². The molecule has 4 atom stereocenters. The molecule has 5 heteroatoms. The van der Waals surface area contributed by atoms with Crippen LogP contribution in [0, 0.1) is 27.4 Å². The highest BCUT2D eigenvalue weighted by Gasteiger charge is 2.58. The largest absolute Gasteiger partial charge is 0.469 e. The molecule has 0 N–H and O–H groups in total. The zero-order valence-corrected chi connectivity index (χ0v) is 14.0. The van der Waals surface area contributed by atoms with Gasteiger partial charge in [0.05, 0.1) is 18.5 Å². The van der Waals surface area contributed by atoms with E-state index in [0.29, 0.717) is 18.3 Å². The summed E-state index contributed by atoms with van der Waals surface area (Å²) in [7, 11) is 1.47. The molecule has 0 radical (unpaired) electrons. The molecule has 1 aromatic rings. The topological polar surface area (TPSA) is 69.4 Å². The Morgan fingerprint density at radius 3 is 2.38 bits per heavy atom. The Morgan fingerprint density at radius 2 is 1.83 bits per heavy atom. The van der Waals surface area contributed by atoms with Gasteiger partial charge in [0.2, 0.25) is 0 Å². The van der Waals surface area contributed by atoms with Crippen molar-refractivity contribution < 1.29 is 14.5 Å². The van der Waals surface area contributed by atoms with Crippen LogP contribution in [0.5, 0.6) is 0 Å². The van der Waals surface area contributed by atoms with Gasteiger partial charge in [-0.3, -0.25) is 14.9 Å². The Bertz CT molecular complexity index is 667. The van der Waals surface area contributed by atoms with E-state index in [1.165, 1.54) is 19.1 Å². The molecule has 0 heterocycles. The molecule has 128 valence electrons. The number of non-ortho nitro benzene ring substituents is 1. The summed E-state index contributed by atoms with van der Waals surface area (Å²) in [5, 5.41) is 10.9. The second-order valence-corrected chi connectivity index (χ2v) is 8.30. The van der Waals surface area contributed by atoms with Crippen LogP contribution in [0.25, 0.3) is 0 Å². The summed E-state index contributed by atoms with van der Waals surface area (Å²) >= 11 is 0. The van der Waals surface area contributed by atoms with Crippen LogP contribution in [0.4, 0.5) is 5.69 Å². The molecular weight excluding hydrogens is 306 g/mol. The molecule has 0 aliphatic heterocycles. The third kappa shape index (κ3) is 2.41. The minimum Gasteiger partial charge on any atom is -0.469 e. The van der Waals surface area contributed by atoms with E-state index < -0.39 is 0 Å². The molecular formula is C19H23NO4. The lowest BCUT2D eigenvalue weighted by molar-refractivity contribution is -0.384. The van der Waals surface area contributed by atoms with Crippen LogP contribution in [0.15, 0.2) is 24.3 Å². The number of hydrogen-bond acceptors (Lipinski definition) is 4. The Morgan fingerprint density at radius 1 is 1.21 bits per heavy atom. The molecule has 5 nitrogen and oxygen atoms in total. The first-order chi connectivity index (χ1) is 11.4. The van der Waals surface area contributed by atoms with Crippen LogP contribution in [0.2, 0.25) is 0 Å². The Labute approximate surface area is 141 Å². The number of hydrogen-bond donors (Lipinski definition) is 0. The minimum absolute atomic E-state index is 0.0684. The van der Waals surface area contributed by atoms with Gasteiger partial charge in [-0.25, -0.2) is 0 Å². The first-order valence-electron chi connectivity index (χ1n) is 8.75. The number of benzene rings is 1. The fourth-order valence-electron chi connectivity index (χ4n) is 6.31. The summed E-state index contributed by atoms with van der Waals surface area (Å²) in [5.74, 6) is 1.24. The molecule has 4 fully saturated rings. The van der Waals surface area contributed by atoms with E-state index in [2.05, 4.69) is 0 Å². The fraction of sp³-hybridized carbons (Fsp3) is 0.632. The lowest BCUT2D eigenvalue weighted by Crippen LogP contribution is -2.54. The highest BCUT2D eigenvalue weighted by molar-refractivity contribution is 5.70. The van der Waals surface area contributed by atoms with Crippen molar-refractivity contribution in [1.29, 1.82) is 0 Å². The van der Waals surface area contributed by atoms with Crippen molar-refractivity contribution in [2.75, 3.05) is 7.11 Å². The van der Waals surface area contributed by atoms with E-state index in [0.717, 1.165) is 32.1 Å². The van der Waals surface area contributed by atoms with Gasteiger partial charge in [-0.2, -0.15) is 0 Å². The fourth-order valence-corrected chi connectivity index (χ4v) is 6.31. The Balaban J connectivity index is 1.67. The van der Waals surface area contributed by atoms with Crippen molar-refractivity contribution in [3.63, 3.8) is 0 Å². The van der Waals surface area contributed by atoms with Crippen molar-refractivity contribution in [2.24, 2.45) is 17.3 Å². The summed E-state index contributed by atoms with van der Waals surface area (Å²) in [6.45, 7) is 0. The standard InChI is InChI=1S/C19H23NO4/c1-24-17(21)11-18-7-13-6-14(8-18)10-19(9-13,12-18)15-2-4-16(5-3-15)20(22)23/h2-5,13-14H,6-12H2,1H3/t13-,14+,18?,19?. The summed E-state index contributed by atoms with van der Waals surface area (Å²) < 4.78 is 4.96. The van der Waals surface area contributed by atoms with E-state index in [1.807, 2.05) is 12.1 Å². The molecule has 4 aliphatic carbocycles. The summed E-state index contributed by atoms with van der Waals surface area (Å²) in [6.07, 6.45) is 7.39. The molecule has 0 saturated heterocycles. The first kappa shape index (κ1) is 15.6. The molecule has 5 rings (SSSR count). The molecule has 4 bridgehead atoms. The average Bonchev–Trinajstić information content (AvgIpc) is 2.53. The third-order valence-electron chi connectivity index (χ3n) is 6.62.